The number of fused-ring (bicyclic) bond motifs is 1. The third-order valence-corrected chi connectivity index (χ3v) is 3.04. The summed E-state index contributed by atoms with van der Waals surface area (Å²) in [6, 6.07) is 8.04. The average Bonchev–Trinajstić information content (AvgIpc) is 2.43. The van der Waals surface area contributed by atoms with Crippen LogP contribution in [-0.2, 0) is 0 Å². The van der Waals surface area contributed by atoms with Crippen LogP contribution in [0.5, 0.6) is 0 Å². The summed E-state index contributed by atoms with van der Waals surface area (Å²) in [7, 11) is 0. The number of hydrogen-bond acceptors (Lipinski definition) is 3. The second-order valence-corrected chi connectivity index (χ2v) is 4.68. The molecule has 0 bridgehead atoms. The highest BCUT2D eigenvalue weighted by Crippen LogP contribution is 2.23. The first kappa shape index (κ1) is 15.5. The smallest absolute Gasteiger partial charge is 0.382 e. The van der Waals surface area contributed by atoms with Gasteiger partial charge in [-0.3, -0.25) is 4.79 Å². The van der Waals surface area contributed by atoms with Crippen LogP contribution in [0.15, 0.2) is 30.3 Å². The van der Waals surface area contributed by atoms with Gasteiger partial charge in [-0.2, -0.15) is 13.2 Å². The second-order valence-electron chi connectivity index (χ2n) is 4.27. The summed E-state index contributed by atoms with van der Waals surface area (Å²) >= 11 is 5.99. The average molecular weight is 319 g/mol. The number of nitrogens with zero attached hydrogens (tertiary/aromatic N) is 1. The zero-order chi connectivity index (χ0) is 15.6. The molecule has 0 aliphatic heterocycles. The Labute approximate surface area is 122 Å². The normalized spacial score (nSPS) is 13.2. The van der Waals surface area contributed by atoms with Gasteiger partial charge in [0.15, 0.2) is 6.10 Å². The summed E-state index contributed by atoms with van der Waals surface area (Å²) in [6.45, 7) is -0.950. The van der Waals surface area contributed by atoms with Crippen molar-refractivity contribution < 1.29 is 23.1 Å². The van der Waals surface area contributed by atoms with Gasteiger partial charge >= 0.3 is 6.18 Å². The lowest BCUT2D eigenvalue weighted by atomic mass is 10.2. The van der Waals surface area contributed by atoms with Crippen LogP contribution in [0.4, 0.5) is 13.2 Å². The van der Waals surface area contributed by atoms with E-state index >= 15 is 0 Å². The predicted octanol–water partition coefficient (Wildman–Crippen LogP) is 2.54. The first-order valence-corrected chi connectivity index (χ1v) is 6.25. The molecule has 1 aromatic heterocycles. The predicted molar refractivity (Wildman–Crippen MR) is 71.1 cm³/mol. The number of halogens is 4. The van der Waals surface area contributed by atoms with E-state index in [0.717, 1.165) is 0 Å². The first-order valence-electron chi connectivity index (χ1n) is 5.87. The molecule has 0 spiro atoms. The van der Waals surface area contributed by atoms with Crippen molar-refractivity contribution in [2.75, 3.05) is 6.54 Å². The van der Waals surface area contributed by atoms with Gasteiger partial charge in [0.1, 0.15) is 5.69 Å². The fraction of sp³-hybridized carbons (Fsp3) is 0.231. The van der Waals surface area contributed by atoms with Crippen molar-refractivity contribution >= 4 is 28.4 Å². The van der Waals surface area contributed by atoms with Gasteiger partial charge in [-0.05, 0) is 12.1 Å². The number of carbonyl (C=O) groups excluding carboxylic acids is 1. The maximum atomic E-state index is 12.1. The molecule has 0 fully saturated rings. The lowest BCUT2D eigenvalue weighted by molar-refractivity contribution is -0.201. The van der Waals surface area contributed by atoms with Crippen LogP contribution in [0.1, 0.15) is 10.5 Å². The van der Waals surface area contributed by atoms with Crippen LogP contribution in [0, 0.1) is 0 Å². The van der Waals surface area contributed by atoms with Gasteiger partial charge in [0, 0.05) is 5.39 Å². The van der Waals surface area contributed by atoms with E-state index in [9.17, 15) is 18.0 Å². The van der Waals surface area contributed by atoms with Crippen LogP contribution in [0.3, 0.4) is 0 Å². The summed E-state index contributed by atoms with van der Waals surface area (Å²) < 4.78 is 36.4. The number of amides is 1. The Balaban J connectivity index is 2.17. The molecule has 112 valence electrons. The maximum absolute atomic E-state index is 12.1. The van der Waals surface area contributed by atoms with Crippen molar-refractivity contribution in [3.05, 3.63) is 41.0 Å². The van der Waals surface area contributed by atoms with Gasteiger partial charge in [-0.15, -0.1) is 0 Å². The van der Waals surface area contributed by atoms with E-state index in [2.05, 4.69) is 4.98 Å². The molecule has 1 amide bonds. The van der Waals surface area contributed by atoms with Crippen LogP contribution in [0.25, 0.3) is 10.9 Å². The summed E-state index contributed by atoms with van der Waals surface area (Å²) in [4.78, 5) is 15.8. The van der Waals surface area contributed by atoms with Crippen LogP contribution in [0.2, 0.25) is 5.02 Å². The number of pyridine rings is 1. The van der Waals surface area contributed by atoms with E-state index in [0.29, 0.717) is 10.9 Å². The number of aliphatic hydroxyl groups is 1. The maximum Gasteiger partial charge on any atom is 0.416 e. The molecule has 2 rings (SSSR count). The van der Waals surface area contributed by atoms with Gasteiger partial charge in [-0.25, -0.2) is 4.98 Å². The third kappa shape index (κ3) is 3.62. The van der Waals surface area contributed by atoms with Crippen LogP contribution in [-0.4, -0.2) is 34.8 Å². The van der Waals surface area contributed by atoms with Gasteiger partial charge in [0.25, 0.3) is 5.91 Å². The van der Waals surface area contributed by atoms with Crippen molar-refractivity contribution in [2.45, 2.75) is 12.3 Å². The Kier molecular flexibility index (Phi) is 4.34. The number of alkyl halides is 3. The van der Waals surface area contributed by atoms with E-state index in [1.54, 1.807) is 24.3 Å². The molecule has 1 heterocycles. The minimum Gasteiger partial charge on any atom is -0.382 e. The van der Waals surface area contributed by atoms with E-state index in [4.69, 9.17) is 16.7 Å². The van der Waals surface area contributed by atoms with Crippen molar-refractivity contribution in [1.29, 1.82) is 0 Å². The Hall–Kier alpha value is -1.86. The molecule has 1 aromatic carbocycles. The highest BCUT2D eigenvalue weighted by atomic mass is 35.5. The minimum absolute atomic E-state index is 0.118. The highest BCUT2D eigenvalue weighted by Gasteiger charge is 2.38. The number of hydrogen-bond donors (Lipinski definition) is 2. The highest BCUT2D eigenvalue weighted by molar-refractivity contribution is 6.35. The molecular weight excluding hydrogens is 309 g/mol. The molecule has 4 nitrogen and oxygen atoms in total. The topological polar surface area (TPSA) is 62.2 Å². The number of aromatic nitrogens is 1. The second kappa shape index (κ2) is 5.87. The SMILES string of the molecule is O=C(NCC(O)C(F)(F)F)c1cc(Cl)c2ccccc2n1. The standard InChI is InChI=1S/C13H10ClF3N2O2/c14-8-5-10(19-9-4-2-1-3-7(8)9)12(21)18-6-11(20)13(15,16)17/h1-5,11,20H,6H2,(H,18,21). The van der Waals surface area contributed by atoms with Gasteiger partial charge in [0.05, 0.1) is 17.1 Å². The Bertz CT molecular complexity index is 676. The lowest BCUT2D eigenvalue weighted by Crippen LogP contribution is -2.40. The molecule has 21 heavy (non-hydrogen) atoms. The molecule has 0 saturated heterocycles. The fourth-order valence-electron chi connectivity index (χ4n) is 1.64. The van der Waals surface area contributed by atoms with Gasteiger partial charge in [0.2, 0.25) is 0 Å². The van der Waals surface area contributed by atoms with Gasteiger partial charge < -0.3 is 10.4 Å². The van der Waals surface area contributed by atoms with Gasteiger partial charge in [-0.1, -0.05) is 29.8 Å². The molecule has 0 aliphatic carbocycles. The fourth-order valence-corrected chi connectivity index (χ4v) is 1.91. The van der Waals surface area contributed by atoms with Crippen molar-refractivity contribution in [2.24, 2.45) is 0 Å². The van der Waals surface area contributed by atoms with Crippen molar-refractivity contribution in [3.63, 3.8) is 0 Å². The molecular formula is C13H10ClF3N2O2. The molecule has 1 atom stereocenters. The monoisotopic (exact) mass is 318 g/mol. The van der Waals surface area contributed by atoms with E-state index < -0.39 is 24.7 Å². The number of carbonyl (C=O) groups is 1. The quantitative estimate of drug-likeness (QED) is 0.914. The van der Waals surface area contributed by atoms with E-state index in [1.807, 2.05) is 5.32 Å². The molecule has 1 unspecified atom stereocenters. The number of para-hydroxylation sites is 1. The largest absolute Gasteiger partial charge is 0.416 e. The molecule has 0 radical (unpaired) electrons. The molecule has 8 heteroatoms. The number of benzene rings is 1. The third-order valence-electron chi connectivity index (χ3n) is 2.73. The summed E-state index contributed by atoms with van der Waals surface area (Å²) in [5.74, 6) is -0.842. The number of rotatable bonds is 3. The summed E-state index contributed by atoms with van der Waals surface area (Å²) in [6.07, 6.45) is -7.42. The Morgan fingerprint density at radius 2 is 2.05 bits per heavy atom. The summed E-state index contributed by atoms with van der Waals surface area (Å²) in [5.41, 5.74) is 0.333. The number of aliphatic hydroxyl groups excluding tert-OH is 1. The van der Waals surface area contributed by atoms with Crippen LogP contribution >= 0.6 is 11.6 Å². The Morgan fingerprint density at radius 3 is 2.71 bits per heavy atom. The lowest BCUT2D eigenvalue weighted by Gasteiger charge is -2.15. The van der Waals surface area contributed by atoms with E-state index in [1.165, 1.54) is 6.07 Å². The molecule has 2 aromatic rings. The van der Waals surface area contributed by atoms with Crippen molar-refractivity contribution in [1.82, 2.24) is 10.3 Å². The zero-order valence-electron chi connectivity index (χ0n) is 10.5. The summed E-state index contributed by atoms with van der Waals surface area (Å²) in [5, 5.41) is 11.7. The minimum atomic E-state index is -4.79. The first-order chi connectivity index (χ1) is 9.79. The molecule has 0 saturated carbocycles. The Morgan fingerprint density at radius 1 is 1.38 bits per heavy atom. The zero-order valence-corrected chi connectivity index (χ0v) is 11.2. The van der Waals surface area contributed by atoms with E-state index in [-0.39, 0.29) is 10.7 Å². The molecule has 0 aliphatic rings. The number of nitrogens with one attached hydrogen (secondary N) is 1. The van der Waals surface area contributed by atoms with Crippen molar-refractivity contribution in [3.8, 4) is 0 Å². The van der Waals surface area contributed by atoms with Crippen LogP contribution < -0.4 is 5.32 Å². The molecule has 2 N–H and O–H groups in total.